The van der Waals surface area contributed by atoms with Crippen molar-refractivity contribution in [2.45, 2.75) is 13.0 Å². The average Bonchev–Trinajstić information content (AvgIpc) is 2.54. The third-order valence-electron chi connectivity index (χ3n) is 3.92. The Morgan fingerprint density at radius 3 is 2.78 bits per heavy atom. The fourth-order valence-corrected chi connectivity index (χ4v) is 3.16. The third-order valence-corrected chi connectivity index (χ3v) is 4.41. The second-order valence-corrected chi connectivity index (χ2v) is 6.16. The number of aromatic nitrogens is 1. The van der Waals surface area contributed by atoms with Crippen molar-refractivity contribution < 1.29 is 14.6 Å². The first-order valence-electron chi connectivity index (χ1n) is 7.07. The highest BCUT2D eigenvalue weighted by atomic mass is 79.9. The van der Waals surface area contributed by atoms with E-state index in [1.54, 1.807) is 23.8 Å². The number of hydrogen-bond donors (Lipinski definition) is 1. The van der Waals surface area contributed by atoms with Crippen molar-refractivity contribution in [3.8, 4) is 11.4 Å². The van der Waals surface area contributed by atoms with E-state index < -0.39 is 6.09 Å². The second kappa shape index (κ2) is 6.08. The molecule has 0 saturated heterocycles. The predicted octanol–water partition coefficient (Wildman–Crippen LogP) is 2.64. The van der Waals surface area contributed by atoms with Gasteiger partial charge >= 0.3 is 6.09 Å². The molecule has 0 saturated carbocycles. The van der Waals surface area contributed by atoms with E-state index in [4.69, 9.17) is 9.84 Å². The molecule has 0 spiro atoms. The number of methoxy groups -OCH3 is 1. The fourth-order valence-electron chi connectivity index (χ4n) is 2.82. The van der Waals surface area contributed by atoms with Crippen LogP contribution < -0.4 is 10.3 Å². The van der Waals surface area contributed by atoms with Gasteiger partial charge in [0.15, 0.2) is 0 Å². The lowest BCUT2D eigenvalue weighted by Crippen LogP contribution is -2.38. The quantitative estimate of drug-likeness (QED) is 0.871. The summed E-state index contributed by atoms with van der Waals surface area (Å²) >= 11 is 3.39. The van der Waals surface area contributed by atoms with E-state index in [2.05, 4.69) is 15.9 Å². The van der Waals surface area contributed by atoms with Gasteiger partial charge in [-0.1, -0.05) is 15.9 Å². The highest BCUT2D eigenvalue weighted by Gasteiger charge is 2.24. The van der Waals surface area contributed by atoms with Crippen molar-refractivity contribution in [2.75, 3.05) is 13.7 Å². The first kappa shape index (κ1) is 15.6. The molecule has 1 amide bonds. The van der Waals surface area contributed by atoms with E-state index in [0.29, 0.717) is 24.4 Å². The number of fused-ring (bicyclic) bond motifs is 1. The lowest BCUT2D eigenvalue weighted by molar-refractivity contribution is 0.139. The molecule has 2 heterocycles. The number of benzene rings is 1. The maximum absolute atomic E-state index is 12.4. The molecule has 0 radical (unpaired) electrons. The molecule has 0 fully saturated rings. The zero-order valence-corrected chi connectivity index (χ0v) is 14.0. The van der Waals surface area contributed by atoms with Crippen LogP contribution in [0.2, 0.25) is 0 Å². The van der Waals surface area contributed by atoms with Gasteiger partial charge in [-0.15, -0.1) is 0 Å². The van der Waals surface area contributed by atoms with Crippen molar-refractivity contribution in [1.29, 1.82) is 0 Å². The minimum absolute atomic E-state index is 0.159. The minimum Gasteiger partial charge on any atom is -0.495 e. The van der Waals surface area contributed by atoms with Crippen molar-refractivity contribution >= 4 is 22.0 Å². The third kappa shape index (κ3) is 2.84. The molecular weight excluding hydrogens is 364 g/mol. The van der Waals surface area contributed by atoms with Gasteiger partial charge in [0, 0.05) is 29.2 Å². The Kier molecular flexibility index (Phi) is 4.12. The Balaban J connectivity index is 2.17. The maximum Gasteiger partial charge on any atom is 0.407 e. The smallest absolute Gasteiger partial charge is 0.407 e. The molecule has 1 N–H and O–H groups in total. The number of amides is 1. The van der Waals surface area contributed by atoms with E-state index in [-0.39, 0.29) is 12.1 Å². The summed E-state index contributed by atoms with van der Waals surface area (Å²) in [6.07, 6.45) is -0.466. The van der Waals surface area contributed by atoms with Crippen LogP contribution in [-0.2, 0) is 13.0 Å². The van der Waals surface area contributed by atoms with Crippen molar-refractivity contribution in [3.63, 3.8) is 0 Å². The van der Waals surface area contributed by atoms with Crippen LogP contribution in [0.4, 0.5) is 4.79 Å². The fraction of sp³-hybridized carbons (Fsp3) is 0.250. The van der Waals surface area contributed by atoms with Crippen LogP contribution in [0.1, 0.15) is 11.3 Å². The summed E-state index contributed by atoms with van der Waals surface area (Å²) in [6.45, 7) is 0.647. The normalized spacial score (nSPS) is 13.6. The first-order chi connectivity index (χ1) is 11.0. The number of pyridine rings is 1. The molecule has 6 nitrogen and oxygen atoms in total. The number of carbonyl (C=O) groups is 1. The Hall–Kier alpha value is -2.28. The average molecular weight is 379 g/mol. The van der Waals surface area contributed by atoms with Crippen molar-refractivity contribution in [1.82, 2.24) is 9.47 Å². The first-order valence-corrected chi connectivity index (χ1v) is 7.86. The van der Waals surface area contributed by atoms with Gasteiger partial charge in [0.05, 0.1) is 19.3 Å². The van der Waals surface area contributed by atoms with Crippen LogP contribution in [0, 0.1) is 0 Å². The molecular formula is C16H15BrN2O4. The summed E-state index contributed by atoms with van der Waals surface area (Å²) < 4.78 is 7.86. The van der Waals surface area contributed by atoms with Gasteiger partial charge in [-0.3, -0.25) is 9.36 Å². The van der Waals surface area contributed by atoms with Gasteiger partial charge in [0.2, 0.25) is 0 Å². The standard InChI is InChI=1S/C16H15BrN2O4/c1-23-14-8-11(17)3-4-13(14)19-12-6-7-18(16(21)22)9-10(12)2-5-15(19)20/h2-5,8H,6-7,9H2,1H3,(H,21,22). The molecule has 3 rings (SSSR count). The Bertz CT molecular complexity index is 831. The van der Waals surface area contributed by atoms with Crippen molar-refractivity contribution in [3.05, 3.63) is 56.4 Å². The number of nitrogens with zero attached hydrogens (tertiary/aromatic N) is 2. The summed E-state index contributed by atoms with van der Waals surface area (Å²) in [5, 5.41) is 9.15. The molecule has 1 aliphatic rings. The van der Waals surface area contributed by atoms with E-state index >= 15 is 0 Å². The molecule has 23 heavy (non-hydrogen) atoms. The molecule has 0 atom stereocenters. The number of carboxylic acid groups (broad SMARTS) is 1. The van der Waals surface area contributed by atoms with Gasteiger partial charge in [-0.05, 0) is 29.8 Å². The summed E-state index contributed by atoms with van der Waals surface area (Å²) in [5.74, 6) is 0.579. The molecule has 120 valence electrons. The summed E-state index contributed by atoms with van der Waals surface area (Å²) in [4.78, 5) is 24.9. The van der Waals surface area contributed by atoms with E-state index in [9.17, 15) is 9.59 Å². The van der Waals surface area contributed by atoms with Crippen LogP contribution >= 0.6 is 15.9 Å². The molecule has 0 unspecified atom stereocenters. The zero-order valence-electron chi connectivity index (χ0n) is 12.5. The van der Waals surface area contributed by atoms with Gasteiger partial charge in [-0.2, -0.15) is 0 Å². The highest BCUT2D eigenvalue weighted by Crippen LogP contribution is 2.29. The van der Waals surface area contributed by atoms with Gasteiger partial charge in [0.25, 0.3) is 5.56 Å². The number of halogens is 1. The summed E-state index contributed by atoms with van der Waals surface area (Å²) in [7, 11) is 1.55. The Morgan fingerprint density at radius 1 is 1.30 bits per heavy atom. The zero-order chi connectivity index (χ0) is 16.6. The molecule has 1 aromatic carbocycles. The molecule has 0 aliphatic carbocycles. The molecule has 1 aromatic heterocycles. The van der Waals surface area contributed by atoms with Crippen LogP contribution in [0.25, 0.3) is 5.69 Å². The summed E-state index contributed by atoms with van der Waals surface area (Å²) in [6, 6.07) is 8.62. The van der Waals surface area contributed by atoms with E-state index in [1.807, 2.05) is 12.1 Å². The Labute approximate surface area is 141 Å². The Morgan fingerprint density at radius 2 is 2.09 bits per heavy atom. The second-order valence-electron chi connectivity index (χ2n) is 5.25. The van der Waals surface area contributed by atoms with Gasteiger partial charge in [-0.25, -0.2) is 4.79 Å². The summed E-state index contributed by atoms with van der Waals surface area (Å²) in [5.41, 5.74) is 2.16. The number of ether oxygens (including phenoxy) is 1. The largest absolute Gasteiger partial charge is 0.495 e. The minimum atomic E-state index is -0.949. The van der Waals surface area contributed by atoms with Crippen LogP contribution in [-0.4, -0.2) is 34.3 Å². The lowest BCUT2D eigenvalue weighted by Gasteiger charge is -2.28. The SMILES string of the molecule is COc1cc(Br)ccc1-n1c2c(ccc1=O)CN(C(=O)O)CC2. The lowest BCUT2D eigenvalue weighted by atomic mass is 10.0. The molecule has 7 heteroatoms. The van der Waals surface area contributed by atoms with E-state index in [0.717, 1.165) is 15.7 Å². The van der Waals surface area contributed by atoms with Crippen molar-refractivity contribution in [2.24, 2.45) is 0 Å². The molecule has 1 aliphatic heterocycles. The highest BCUT2D eigenvalue weighted by molar-refractivity contribution is 9.10. The maximum atomic E-state index is 12.4. The topological polar surface area (TPSA) is 71.8 Å². The van der Waals surface area contributed by atoms with Gasteiger partial charge in [0.1, 0.15) is 5.75 Å². The predicted molar refractivity (Wildman–Crippen MR) is 88.4 cm³/mol. The van der Waals surface area contributed by atoms with Crippen LogP contribution in [0.15, 0.2) is 39.6 Å². The number of hydrogen-bond acceptors (Lipinski definition) is 3. The number of rotatable bonds is 2. The van der Waals surface area contributed by atoms with E-state index in [1.165, 1.54) is 11.0 Å². The van der Waals surface area contributed by atoms with Crippen LogP contribution in [0.3, 0.4) is 0 Å². The van der Waals surface area contributed by atoms with Crippen LogP contribution in [0.5, 0.6) is 5.75 Å². The van der Waals surface area contributed by atoms with Gasteiger partial charge < -0.3 is 14.7 Å². The molecule has 0 bridgehead atoms. The molecule has 2 aromatic rings. The monoisotopic (exact) mass is 378 g/mol.